The molecule has 0 bridgehead atoms. The minimum atomic E-state index is 0.538. The number of methoxy groups -OCH3 is 1. The Morgan fingerprint density at radius 2 is 1.67 bits per heavy atom. The van der Waals surface area contributed by atoms with E-state index in [9.17, 15) is 0 Å². The van der Waals surface area contributed by atoms with Gasteiger partial charge in [0, 0.05) is 25.3 Å². The lowest BCUT2D eigenvalue weighted by molar-refractivity contribution is 0.214. The zero-order chi connectivity index (χ0) is 27.0. The lowest BCUT2D eigenvalue weighted by atomic mass is 9.78. The minimum absolute atomic E-state index is 0.538. The maximum atomic E-state index is 6.11. The number of benzene rings is 3. The third kappa shape index (κ3) is 6.97. The molecule has 0 aromatic heterocycles. The van der Waals surface area contributed by atoms with Crippen molar-refractivity contribution in [1.29, 1.82) is 0 Å². The Bertz CT molecular complexity index is 1200. The Hall–Kier alpha value is -2.98. The van der Waals surface area contributed by atoms with Crippen molar-refractivity contribution in [2.75, 3.05) is 44.8 Å². The van der Waals surface area contributed by atoms with Gasteiger partial charge in [-0.1, -0.05) is 43.2 Å². The largest absolute Gasteiger partial charge is 0.497 e. The fourth-order valence-electron chi connectivity index (χ4n) is 6.51. The monoisotopic (exact) mass is 526 g/mol. The van der Waals surface area contributed by atoms with Gasteiger partial charge >= 0.3 is 0 Å². The first-order valence-corrected chi connectivity index (χ1v) is 15.1. The second-order valence-corrected chi connectivity index (χ2v) is 11.3. The van der Waals surface area contributed by atoms with Crippen LogP contribution in [0.25, 0.3) is 0 Å². The van der Waals surface area contributed by atoms with Gasteiger partial charge in [-0.2, -0.15) is 0 Å². The van der Waals surface area contributed by atoms with E-state index in [1.165, 1.54) is 78.7 Å². The van der Waals surface area contributed by atoms with Gasteiger partial charge in [0.25, 0.3) is 0 Å². The summed E-state index contributed by atoms with van der Waals surface area (Å²) in [6.45, 7) is 10.7. The molecule has 4 nitrogen and oxygen atoms in total. The molecule has 0 saturated carbocycles. The van der Waals surface area contributed by atoms with Crippen LogP contribution in [-0.4, -0.2) is 44.8 Å². The molecule has 4 heteroatoms. The van der Waals surface area contributed by atoms with Gasteiger partial charge in [0.1, 0.15) is 18.1 Å². The van der Waals surface area contributed by atoms with Crippen molar-refractivity contribution in [2.45, 2.75) is 71.3 Å². The third-order valence-electron chi connectivity index (χ3n) is 8.75. The fraction of sp³-hybridized carbons (Fsp3) is 0.486. The summed E-state index contributed by atoms with van der Waals surface area (Å²) in [5.74, 6) is 2.48. The zero-order valence-electron chi connectivity index (χ0n) is 24.3. The van der Waals surface area contributed by atoms with Crippen LogP contribution in [0.15, 0.2) is 60.7 Å². The highest BCUT2D eigenvalue weighted by Gasteiger charge is 2.25. The van der Waals surface area contributed by atoms with Gasteiger partial charge in [0.15, 0.2) is 0 Å². The van der Waals surface area contributed by atoms with Crippen LogP contribution in [-0.2, 0) is 19.4 Å². The van der Waals surface area contributed by atoms with E-state index in [1.807, 2.05) is 0 Å². The minimum Gasteiger partial charge on any atom is -0.497 e. The van der Waals surface area contributed by atoms with E-state index in [2.05, 4.69) is 84.3 Å². The van der Waals surface area contributed by atoms with Gasteiger partial charge in [-0.3, -0.25) is 4.90 Å². The maximum absolute atomic E-state index is 6.11. The van der Waals surface area contributed by atoms with E-state index in [4.69, 9.17) is 9.47 Å². The summed E-state index contributed by atoms with van der Waals surface area (Å²) >= 11 is 0. The molecule has 1 unspecified atom stereocenters. The van der Waals surface area contributed by atoms with Crippen LogP contribution >= 0.6 is 0 Å². The standard InChI is InChI=1S/C35H46N2O2/c1-4-37(26-28-12-17-32(18-13-28)39-23-22-36-20-7-5-6-8-21-36)34-11-9-10-27(2)35(34)31-15-14-30-25-33(38-3)19-16-29(30)24-31/h9-13,16-19,25,31H,4-8,14-15,20-24,26H2,1-3H3. The molecule has 3 aromatic rings. The number of fused-ring (bicyclic) bond motifs is 1. The molecule has 0 radical (unpaired) electrons. The van der Waals surface area contributed by atoms with E-state index in [-0.39, 0.29) is 0 Å². The van der Waals surface area contributed by atoms with Crippen LogP contribution in [0.4, 0.5) is 5.69 Å². The molecule has 0 amide bonds. The third-order valence-corrected chi connectivity index (χ3v) is 8.75. The first kappa shape index (κ1) is 27.6. The molecular formula is C35H46N2O2. The Morgan fingerprint density at radius 3 is 2.41 bits per heavy atom. The van der Waals surface area contributed by atoms with Crippen LogP contribution in [0, 0.1) is 6.92 Å². The molecule has 0 spiro atoms. The fourth-order valence-corrected chi connectivity index (χ4v) is 6.51. The van der Waals surface area contributed by atoms with E-state index in [1.54, 1.807) is 7.11 Å². The Morgan fingerprint density at radius 1 is 0.897 bits per heavy atom. The number of aryl methyl sites for hydroxylation is 2. The number of hydrogen-bond acceptors (Lipinski definition) is 4. The molecule has 39 heavy (non-hydrogen) atoms. The molecule has 0 N–H and O–H groups in total. The normalized spacial score (nSPS) is 17.8. The summed E-state index contributed by atoms with van der Waals surface area (Å²) in [6, 6.07) is 22.2. The van der Waals surface area contributed by atoms with Gasteiger partial charge in [-0.05, 0) is 123 Å². The van der Waals surface area contributed by atoms with E-state index in [0.29, 0.717) is 5.92 Å². The summed E-state index contributed by atoms with van der Waals surface area (Å²) in [5.41, 5.74) is 8.55. The van der Waals surface area contributed by atoms with Crippen molar-refractivity contribution in [1.82, 2.24) is 4.90 Å². The van der Waals surface area contributed by atoms with Crippen molar-refractivity contribution in [3.63, 3.8) is 0 Å². The van der Waals surface area contributed by atoms with Crippen molar-refractivity contribution in [3.8, 4) is 11.5 Å². The first-order valence-electron chi connectivity index (χ1n) is 15.1. The Kier molecular flexibility index (Phi) is 9.47. The predicted molar refractivity (Wildman–Crippen MR) is 163 cm³/mol. The number of nitrogens with zero attached hydrogens (tertiary/aromatic N) is 2. The van der Waals surface area contributed by atoms with Gasteiger partial charge in [0.05, 0.1) is 7.11 Å². The quantitative estimate of drug-likeness (QED) is 0.272. The van der Waals surface area contributed by atoms with Gasteiger partial charge in [-0.15, -0.1) is 0 Å². The second kappa shape index (κ2) is 13.4. The SMILES string of the molecule is CCN(Cc1ccc(OCCN2CCCCCC2)cc1)c1cccc(C)c1C1CCc2cc(OC)ccc2C1. The maximum Gasteiger partial charge on any atom is 0.119 e. The highest BCUT2D eigenvalue weighted by molar-refractivity contribution is 5.59. The van der Waals surface area contributed by atoms with Crippen LogP contribution in [0.2, 0.25) is 0 Å². The van der Waals surface area contributed by atoms with Crippen molar-refractivity contribution in [2.24, 2.45) is 0 Å². The Labute approximate surface area is 235 Å². The lowest BCUT2D eigenvalue weighted by Crippen LogP contribution is -2.29. The predicted octanol–water partition coefficient (Wildman–Crippen LogP) is 7.56. The molecule has 1 heterocycles. The van der Waals surface area contributed by atoms with Crippen LogP contribution < -0.4 is 14.4 Å². The average Bonchev–Trinajstić information content (AvgIpc) is 3.25. The number of anilines is 1. The van der Waals surface area contributed by atoms with Crippen LogP contribution in [0.5, 0.6) is 11.5 Å². The summed E-state index contributed by atoms with van der Waals surface area (Å²) in [7, 11) is 1.75. The molecule has 2 aliphatic rings. The molecule has 1 aliphatic heterocycles. The average molecular weight is 527 g/mol. The molecule has 5 rings (SSSR count). The lowest BCUT2D eigenvalue weighted by Gasteiger charge is -2.33. The number of ether oxygens (including phenoxy) is 2. The molecule has 1 saturated heterocycles. The first-order chi connectivity index (χ1) is 19.1. The van der Waals surface area contributed by atoms with E-state index < -0.39 is 0 Å². The van der Waals surface area contributed by atoms with Gasteiger partial charge in [0.2, 0.25) is 0 Å². The highest BCUT2D eigenvalue weighted by Crippen LogP contribution is 2.40. The van der Waals surface area contributed by atoms with Crippen LogP contribution in [0.3, 0.4) is 0 Å². The van der Waals surface area contributed by atoms with E-state index >= 15 is 0 Å². The molecule has 208 valence electrons. The Balaban J connectivity index is 1.24. The number of rotatable bonds is 10. The van der Waals surface area contributed by atoms with Gasteiger partial charge < -0.3 is 14.4 Å². The van der Waals surface area contributed by atoms with Crippen molar-refractivity contribution >= 4 is 5.69 Å². The number of likely N-dealkylation sites (tertiary alicyclic amines) is 1. The molecule has 1 fully saturated rings. The molecular weight excluding hydrogens is 480 g/mol. The molecule has 1 aliphatic carbocycles. The molecule has 3 aromatic carbocycles. The zero-order valence-corrected chi connectivity index (χ0v) is 24.3. The topological polar surface area (TPSA) is 24.9 Å². The van der Waals surface area contributed by atoms with Gasteiger partial charge in [-0.25, -0.2) is 0 Å². The van der Waals surface area contributed by atoms with Crippen molar-refractivity contribution in [3.05, 3.63) is 88.5 Å². The highest BCUT2D eigenvalue weighted by atomic mass is 16.5. The number of hydrogen-bond donors (Lipinski definition) is 0. The summed E-state index contributed by atoms with van der Waals surface area (Å²) in [4.78, 5) is 5.10. The summed E-state index contributed by atoms with van der Waals surface area (Å²) in [5, 5.41) is 0. The molecule has 1 atom stereocenters. The second-order valence-electron chi connectivity index (χ2n) is 11.3. The van der Waals surface area contributed by atoms with E-state index in [0.717, 1.165) is 50.6 Å². The summed E-state index contributed by atoms with van der Waals surface area (Å²) in [6.07, 6.45) is 8.79. The smallest absolute Gasteiger partial charge is 0.119 e. The van der Waals surface area contributed by atoms with Crippen molar-refractivity contribution < 1.29 is 9.47 Å². The summed E-state index contributed by atoms with van der Waals surface area (Å²) < 4.78 is 11.6. The van der Waals surface area contributed by atoms with Crippen LogP contribution in [0.1, 0.15) is 72.8 Å².